The van der Waals surface area contributed by atoms with Gasteiger partial charge in [0.15, 0.2) is 5.82 Å². The molecular formula is C13H11F2N5. The van der Waals surface area contributed by atoms with Crippen LogP contribution in [0.3, 0.4) is 0 Å². The number of hydrogen-bond acceptors (Lipinski definition) is 3. The molecule has 0 aliphatic carbocycles. The van der Waals surface area contributed by atoms with E-state index >= 15 is 0 Å². The first-order chi connectivity index (χ1) is 9.54. The second-order valence-electron chi connectivity index (χ2n) is 4.38. The summed E-state index contributed by atoms with van der Waals surface area (Å²) in [4.78, 5) is 0. The molecule has 0 atom stereocenters. The first kappa shape index (κ1) is 12.3. The summed E-state index contributed by atoms with van der Waals surface area (Å²) in [6.45, 7) is 0. The van der Waals surface area contributed by atoms with E-state index < -0.39 is 11.6 Å². The predicted octanol–water partition coefficient (Wildman–Crippen LogP) is 2.13. The molecule has 0 aliphatic rings. The summed E-state index contributed by atoms with van der Waals surface area (Å²) in [6.07, 6.45) is 4.85. The summed E-state index contributed by atoms with van der Waals surface area (Å²) in [7, 11) is 1.77. The molecule has 2 heterocycles. The Morgan fingerprint density at radius 1 is 1.20 bits per heavy atom. The fourth-order valence-corrected chi connectivity index (χ4v) is 1.95. The number of aromatic nitrogens is 4. The van der Waals surface area contributed by atoms with Gasteiger partial charge >= 0.3 is 0 Å². The van der Waals surface area contributed by atoms with Crippen LogP contribution in [0.1, 0.15) is 0 Å². The summed E-state index contributed by atoms with van der Waals surface area (Å²) in [6, 6.07) is 3.28. The van der Waals surface area contributed by atoms with E-state index in [2.05, 4.69) is 10.2 Å². The lowest BCUT2D eigenvalue weighted by molar-refractivity contribution is 0.574. The van der Waals surface area contributed by atoms with E-state index in [0.717, 1.165) is 11.6 Å². The molecular weight excluding hydrogens is 264 g/mol. The summed E-state index contributed by atoms with van der Waals surface area (Å²) < 4.78 is 29.5. The first-order valence-corrected chi connectivity index (χ1v) is 5.84. The van der Waals surface area contributed by atoms with Crippen LogP contribution in [0.4, 0.5) is 14.5 Å². The van der Waals surface area contributed by atoms with E-state index in [9.17, 15) is 8.78 Å². The van der Waals surface area contributed by atoms with Crippen LogP contribution in [0.5, 0.6) is 0 Å². The van der Waals surface area contributed by atoms with Crippen LogP contribution in [0.15, 0.2) is 36.8 Å². The van der Waals surface area contributed by atoms with Gasteiger partial charge in [-0.2, -0.15) is 10.2 Å². The van der Waals surface area contributed by atoms with Crippen molar-refractivity contribution in [3.05, 3.63) is 48.4 Å². The van der Waals surface area contributed by atoms with Gasteiger partial charge < -0.3 is 5.73 Å². The zero-order valence-electron chi connectivity index (χ0n) is 10.6. The third kappa shape index (κ3) is 2.03. The summed E-state index contributed by atoms with van der Waals surface area (Å²) in [5.74, 6) is -1.34. The van der Waals surface area contributed by atoms with Crippen molar-refractivity contribution in [2.24, 2.45) is 7.05 Å². The van der Waals surface area contributed by atoms with E-state index in [-0.39, 0.29) is 5.69 Å². The number of anilines is 1. The lowest BCUT2D eigenvalue weighted by Gasteiger charge is -2.02. The van der Waals surface area contributed by atoms with Crippen LogP contribution in [-0.4, -0.2) is 19.6 Å². The molecule has 0 spiro atoms. The van der Waals surface area contributed by atoms with Gasteiger partial charge in [-0.25, -0.2) is 13.5 Å². The fourth-order valence-electron chi connectivity index (χ4n) is 1.95. The standard InChI is InChI=1S/C13H11F2N5/c1-19-6-8(5-17-19)13-11(16)7-20(18-13)12-3-2-9(14)4-10(12)15/h2-7H,16H2,1H3. The third-order valence-electron chi connectivity index (χ3n) is 2.88. The lowest BCUT2D eigenvalue weighted by Crippen LogP contribution is -1.99. The highest BCUT2D eigenvalue weighted by molar-refractivity contribution is 5.71. The number of hydrogen-bond donors (Lipinski definition) is 1. The molecule has 0 aliphatic heterocycles. The molecule has 0 saturated carbocycles. The molecule has 102 valence electrons. The molecule has 0 radical (unpaired) electrons. The second kappa shape index (κ2) is 4.44. The Kier molecular flexibility index (Phi) is 2.74. The van der Waals surface area contributed by atoms with Crippen molar-refractivity contribution in [2.75, 3.05) is 5.73 Å². The monoisotopic (exact) mass is 275 g/mol. The zero-order chi connectivity index (χ0) is 14.3. The molecule has 2 aromatic heterocycles. The largest absolute Gasteiger partial charge is 0.396 e. The molecule has 2 N–H and O–H groups in total. The minimum absolute atomic E-state index is 0.133. The van der Waals surface area contributed by atoms with Gasteiger partial charge in [-0.05, 0) is 12.1 Å². The number of nitrogens with zero attached hydrogens (tertiary/aromatic N) is 4. The maximum Gasteiger partial charge on any atom is 0.151 e. The predicted molar refractivity (Wildman–Crippen MR) is 70.1 cm³/mol. The molecule has 0 amide bonds. The maximum absolute atomic E-state index is 13.7. The second-order valence-corrected chi connectivity index (χ2v) is 4.38. The summed E-state index contributed by atoms with van der Waals surface area (Å²) >= 11 is 0. The Bertz CT molecular complexity index is 775. The van der Waals surface area contributed by atoms with Gasteiger partial charge in [0.2, 0.25) is 0 Å². The van der Waals surface area contributed by atoms with Gasteiger partial charge in [0.05, 0.1) is 18.1 Å². The molecule has 5 nitrogen and oxygen atoms in total. The van der Waals surface area contributed by atoms with Crippen molar-refractivity contribution < 1.29 is 8.78 Å². The van der Waals surface area contributed by atoms with Gasteiger partial charge in [-0.15, -0.1) is 0 Å². The van der Waals surface area contributed by atoms with Crippen LogP contribution in [0.2, 0.25) is 0 Å². The normalized spacial score (nSPS) is 10.9. The lowest BCUT2D eigenvalue weighted by atomic mass is 10.2. The number of nitrogens with two attached hydrogens (primary N) is 1. The fraction of sp³-hybridized carbons (Fsp3) is 0.0769. The SMILES string of the molecule is Cn1cc(-c2nn(-c3ccc(F)cc3F)cc2N)cn1. The Labute approximate surface area is 113 Å². The molecule has 1 aromatic carbocycles. The van der Waals surface area contributed by atoms with Crippen molar-refractivity contribution in [3.63, 3.8) is 0 Å². The zero-order valence-corrected chi connectivity index (χ0v) is 10.6. The van der Waals surface area contributed by atoms with E-state index in [0.29, 0.717) is 11.4 Å². The third-order valence-corrected chi connectivity index (χ3v) is 2.88. The van der Waals surface area contributed by atoms with Crippen molar-refractivity contribution in [2.45, 2.75) is 0 Å². The van der Waals surface area contributed by atoms with Gasteiger partial charge in [0.1, 0.15) is 17.2 Å². The van der Waals surface area contributed by atoms with Crippen LogP contribution in [0.25, 0.3) is 16.9 Å². The average Bonchev–Trinajstić information content (AvgIpc) is 2.95. The van der Waals surface area contributed by atoms with E-state index in [1.807, 2.05) is 0 Å². The van der Waals surface area contributed by atoms with Crippen molar-refractivity contribution in [1.82, 2.24) is 19.6 Å². The Morgan fingerprint density at radius 2 is 2.00 bits per heavy atom. The van der Waals surface area contributed by atoms with Crippen LogP contribution >= 0.6 is 0 Å². The van der Waals surface area contributed by atoms with E-state index in [4.69, 9.17) is 5.73 Å². The van der Waals surface area contributed by atoms with E-state index in [1.54, 1.807) is 24.1 Å². The topological polar surface area (TPSA) is 61.7 Å². The quantitative estimate of drug-likeness (QED) is 0.779. The minimum Gasteiger partial charge on any atom is -0.396 e. The van der Waals surface area contributed by atoms with Crippen LogP contribution in [-0.2, 0) is 7.05 Å². The number of nitrogen functional groups attached to an aromatic ring is 1. The molecule has 0 bridgehead atoms. The van der Waals surface area contributed by atoms with Crippen molar-refractivity contribution in [3.8, 4) is 16.9 Å². The first-order valence-electron chi connectivity index (χ1n) is 5.84. The summed E-state index contributed by atoms with van der Waals surface area (Å²) in [5.41, 5.74) is 7.64. The molecule has 0 saturated heterocycles. The van der Waals surface area contributed by atoms with Crippen molar-refractivity contribution >= 4 is 5.69 Å². The number of rotatable bonds is 2. The molecule has 20 heavy (non-hydrogen) atoms. The summed E-state index contributed by atoms with van der Waals surface area (Å²) in [5, 5.41) is 8.26. The number of benzene rings is 1. The van der Waals surface area contributed by atoms with Gasteiger partial charge in [-0.3, -0.25) is 4.68 Å². The smallest absolute Gasteiger partial charge is 0.151 e. The Balaban J connectivity index is 2.08. The molecule has 7 heteroatoms. The van der Waals surface area contributed by atoms with Crippen LogP contribution in [0, 0.1) is 11.6 Å². The highest BCUT2D eigenvalue weighted by atomic mass is 19.1. The van der Waals surface area contributed by atoms with Gasteiger partial charge in [0, 0.05) is 24.9 Å². The minimum atomic E-state index is -0.703. The number of aryl methyl sites for hydroxylation is 1. The highest BCUT2D eigenvalue weighted by Gasteiger charge is 2.13. The highest BCUT2D eigenvalue weighted by Crippen LogP contribution is 2.25. The van der Waals surface area contributed by atoms with E-state index in [1.165, 1.54) is 23.0 Å². The van der Waals surface area contributed by atoms with Crippen LogP contribution < -0.4 is 5.73 Å². The Morgan fingerprint density at radius 3 is 2.65 bits per heavy atom. The molecule has 3 aromatic rings. The number of halogens is 2. The molecule has 3 rings (SSSR count). The average molecular weight is 275 g/mol. The molecule has 0 fully saturated rings. The maximum atomic E-state index is 13.7. The molecule has 0 unspecified atom stereocenters. The van der Waals surface area contributed by atoms with Crippen molar-refractivity contribution in [1.29, 1.82) is 0 Å². The van der Waals surface area contributed by atoms with Gasteiger partial charge in [-0.1, -0.05) is 0 Å². The Hall–Kier alpha value is -2.70. The van der Waals surface area contributed by atoms with Gasteiger partial charge in [0.25, 0.3) is 0 Å².